The Balaban J connectivity index is 2.03. The van der Waals surface area contributed by atoms with Crippen molar-refractivity contribution in [3.8, 4) is 0 Å². The third kappa shape index (κ3) is 1.96. The van der Waals surface area contributed by atoms with Crippen LogP contribution in [0, 0.1) is 0 Å². The van der Waals surface area contributed by atoms with Crippen LogP contribution in [0.15, 0.2) is 12.5 Å². The molecule has 0 bridgehead atoms. The van der Waals surface area contributed by atoms with E-state index in [1.54, 1.807) is 6.33 Å². The number of hydrogen-bond acceptors (Lipinski definition) is 3. The largest absolute Gasteiger partial charge is 0.384 e. The highest BCUT2D eigenvalue weighted by Gasteiger charge is 2.25. The Hall–Kier alpha value is -0.870. The van der Waals surface area contributed by atoms with Gasteiger partial charge < -0.3 is 14.4 Å². The molecule has 0 amide bonds. The predicted octanol–water partition coefficient (Wildman–Crippen LogP) is 1.02. The van der Waals surface area contributed by atoms with E-state index in [1.807, 2.05) is 17.8 Å². The van der Waals surface area contributed by atoms with Crippen LogP contribution in [0.5, 0.6) is 0 Å². The van der Waals surface area contributed by atoms with Crippen molar-refractivity contribution in [2.45, 2.75) is 31.5 Å². The van der Waals surface area contributed by atoms with Crippen LogP contribution in [0.25, 0.3) is 0 Å². The lowest BCUT2D eigenvalue weighted by Gasteiger charge is -2.25. The van der Waals surface area contributed by atoms with Gasteiger partial charge in [0.05, 0.1) is 18.1 Å². The molecule has 0 radical (unpaired) electrons. The fourth-order valence-corrected chi connectivity index (χ4v) is 1.79. The summed E-state index contributed by atoms with van der Waals surface area (Å²) in [4.78, 5) is 4.12. The Morgan fingerprint density at radius 3 is 3.07 bits per heavy atom. The van der Waals surface area contributed by atoms with Crippen molar-refractivity contribution in [2.75, 3.05) is 6.61 Å². The summed E-state index contributed by atoms with van der Waals surface area (Å²) in [6.45, 7) is 0.758. The average Bonchev–Trinajstić information content (AvgIpc) is 2.65. The van der Waals surface area contributed by atoms with Gasteiger partial charge in [0.25, 0.3) is 0 Å². The van der Waals surface area contributed by atoms with Crippen LogP contribution in [0.4, 0.5) is 0 Å². The minimum Gasteiger partial charge on any atom is -0.384 e. The number of aliphatic hydroxyl groups excluding tert-OH is 1. The number of rotatable bonds is 2. The SMILES string of the molecule is Cn1cnc(C(O)C2CCCCO2)c1. The van der Waals surface area contributed by atoms with Crippen LogP contribution in [0.3, 0.4) is 0 Å². The van der Waals surface area contributed by atoms with E-state index in [4.69, 9.17) is 4.74 Å². The zero-order chi connectivity index (χ0) is 9.97. The maximum Gasteiger partial charge on any atom is 0.124 e. The van der Waals surface area contributed by atoms with Crippen LogP contribution in [0.2, 0.25) is 0 Å². The molecule has 2 atom stereocenters. The van der Waals surface area contributed by atoms with E-state index in [0.717, 1.165) is 25.9 Å². The van der Waals surface area contributed by atoms with Gasteiger partial charge in [-0.25, -0.2) is 4.98 Å². The molecule has 1 aromatic heterocycles. The van der Waals surface area contributed by atoms with Crippen LogP contribution in [0.1, 0.15) is 31.1 Å². The van der Waals surface area contributed by atoms with Crippen molar-refractivity contribution in [1.82, 2.24) is 9.55 Å². The molecule has 0 saturated carbocycles. The Kier molecular flexibility index (Phi) is 2.84. The van der Waals surface area contributed by atoms with Gasteiger partial charge in [0.2, 0.25) is 0 Å². The molecule has 1 aliphatic heterocycles. The number of ether oxygens (including phenoxy) is 1. The van der Waals surface area contributed by atoms with Crippen LogP contribution < -0.4 is 0 Å². The molecule has 1 aliphatic rings. The zero-order valence-electron chi connectivity index (χ0n) is 8.39. The number of aryl methyl sites for hydroxylation is 1. The van der Waals surface area contributed by atoms with Gasteiger partial charge in [-0.05, 0) is 19.3 Å². The van der Waals surface area contributed by atoms with Gasteiger partial charge in [-0.3, -0.25) is 0 Å². The van der Waals surface area contributed by atoms with Gasteiger partial charge in [-0.2, -0.15) is 0 Å². The quantitative estimate of drug-likeness (QED) is 0.768. The van der Waals surface area contributed by atoms with E-state index >= 15 is 0 Å². The van der Waals surface area contributed by atoms with E-state index in [0.29, 0.717) is 5.69 Å². The normalized spacial score (nSPS) is 24.9. The minimum absolute atomic E-state index is 0.0707. The Morgan fingerprint density at radius 2 is 2.50 bits per heavy atom. The second kappa shape index (κ2) is 4.11. The van der Waals surface area contributed by atoms with Gasteiger partial charge in [0.15, 0.2) is 0 Å². The van der Waals surface area contributed by atoms with Crippen molar-refractivity contribution in [3.63, 3.8) is 0 Å². The lowest BCUT2D eigenvalue weighted by Crippen LogP contribution is -2.26. The molecule has 2 rings (SSSR count). The zero-order valence-corrected chi connectivity index (χ0v) is 8.39. The molecule has 1 N–H and O–H groups in total. The van der Waals surface area contributed by atoms with Gasteiger partial charge in [-0.1, -0.05) is 0 Å². The Labute approximate surface area is 83.5 Å². The highest BCUT2D eigenvalue weighted by Crippen LogP contribution is 2.24. The van der Waals surface area contributed by atoms with Gasteiger partial charge >= 0.3 is 0 Å². The molecule has 14 heavy (non-hydrogen) atoms. The minimum atomic E-state index is -0.573. The summed E-state index contributed by atoms with van der Waals surface area (Å²) in [5.41, 5.74) is 0.708. The fraction of sp³-hybridized carbons (Fsp3) is 0.700. The number of aliphatic hydroxyl groups is 1. The summed E-state index contributed by atoms with van der Waals surface area (Å²) >= 11 is 0. The molecule has 4 nitrogen and oxygen atoms in total. The second-order valence-electron chi connectivity index (χ2n) is 3.81. The molecule has 1 aromatic rings. The van der Waals surface area contributed by atoms with Gasteiger partial charge in [0.1, 0.15) is 6.10 Å². The topological polar surface area (TPSA) is 47.3 Å². The second-order valence-corrected chi connectivity index (χ2v) is 3.81. The van der Waals surface area contributed by atoms with Crippen molar-refractivity contribution in [2.24, 2.45) is 7.05 Å². The summed E-state index contributed by atoms with van der Waals surface area (Å²) in [5, 5.41) is 9.96. The summed E-state index contributed by atoms with van der Waals surface area (Å²) in [7, 11) is 1.89. The van der Waals surface area contributed by atoms with Crippen molar-refractivity contribution in [1.29, 1.82) is 0 Å². The van der Waals surface area contributed by atoms with Crippen molar-refractivity contribution < 1.29 is 9.84 Å². The highest BCUT2D eigenvalue weighted by atomic mass is 16.5. The summed E-state index contributed by atoms with van der Waals surface area (Å²) in [5.74, 6) is 0. The third-order valence-electron chi connectivity index (χ3n) is 2.59. The summed E-state index contributed by atoms with van der Waals surface area (Å²) < 4.78 is 7.34. The molecule has 0 aromatic carbocycles. The number of nitrogens with zero attached hydrogens (tertiary/aromatic N) is 2. The molecule has 2 heterocycles. The first-order chi connectivity index (χ1) is 6.77. The van der Waals surface area contributed by atoms with Crippen molar-refractivity contribution in [3.05, 3.63) is 18.2 Å². The summed E-state index contributed by atoms with van der Waals surface area (Å²) in [6.07, 6.45) is 6.05. The lowest BCUT2D eigenvalue weighted by atomic mass is 10.0. The van der Waals surface area contributed by atoms with Crippen LogP contribution >= 0.6 is 0 Å². The predicted molar refractivity (Wildman–Crippen MR) is 51.8 cm³/mol. The molecule has 78 valence electrons. The van der Waals surface area contributed by atoms with Crippen molar-refractivity contribution >= 4 is 0 Å². The van der Waals surface area contributed by atoms with E-state index in [1.165, 1.54) is 0 Å². The van der Waals surface area contributed by atoms with E-state index in [-0.39, 0.29) is 6.10 Å². The smallest absolute Gasteiger partial charge is 0.124 e. The first kappa shape index (κ1) is 9.68. The summed E-state index contributed by atoms with van der Waals surface area (Å²) in [6, 6.07) is 0. The maximum absolute atomic E-state index is 9.96. The molecule has 0 spiro atoms. The number of hydrogen-bond donors (Lipinski definition) is 1. The standard InChI is InChI=1S/C10H16N2O2/c1-12-6-8(11-7-12)10(13)9-4-2-3-5-14-9/h6-7,9-10,13H,2-5H2,1H3. The van der Waals surface area contributed by atoms with Gasteiger partial charge in [0, 0.05) is 19.9 Å². The molecule has 1 saturated heterocycles. The molecule has 4 heteroatoms. The average molecular weight is 196 g/mol. The first-order valence-corrected chi connectivity index (χ1v) is 5.05. The van der Waals surface area contributed by atoms with E-state index in [9.17, 15) is 5.11 Å². The monoisotopic (exact) mass is 196 g/mol. The van der Waals surface area contributed by atoms with Crippen LogP contribution in [-0.2, 0) is 11.8 Å². The Morgan fingerprint density at radius 1 is 1.64 bits per heavy atom. The molecule has 2 unspecified atom stereocenters. The fourth-order valence-electron chi connectivity index (χ4n) is 1.79. The van der Waals surface area contributed by atoms with E-state index in [2.05, 4.69) is 4.98 Å². The first-order valence-electron chi connectivity index (χ1n) is 5.05. The molecular formula is C10H16N2O2. The van der Waals surface area contributed by atoms with Gasteiger partial charge in [-0.15, -0.1) is 0 Å². The highest BCUT2D eigenvalue weighted by molar-refractivity contribution is 5.03. The number of imidazole rings is 1. The molecule has 0 aliphatic carbocycles. The van der Waals surface area contributed by atoms with Crippen LogP contribution in [-0.4, -0.2) is 27.4 Å². The Bertz CT molecular complexity index is 292. The lowest BCUT2D eigenvalue weighted by molar-refractivity contribution is -0.0647. The maximum atomic E-state index is 9.96. The number of aromatic nitrogens is 2. The molecular weight excluding hydrogens is 180 g/mol. The molecule has 1 fully saturated rings. The third-order valence-corrected chi connectivity index (χ3v) is 2.59. The van der Waals surface area contributed by atoms with E-state index < -0.39 is 6.10 Å².